The highest BCUT2D eigenvalue weighted by molar-refractivity contribution is 6.00. The van der Waals surface area contributed by atoms with Crippen molar-refractivity contribution in [2.24, 2.45) is 0 Å². The molecule has 1 aliphatic rings. The number of benzene rings is 1. The van der Waals surface area contributed by atoms with Gasteiger partial charge in [-0.15, -0.1) is 0 Å². The van der Waals surface area contributed by atoms with Gasteiger partial charge in [-0.05, 0) is 18.2 Å². The minimum atomic E-state index is -0.150. The maximum Gasteiger partial charge on any atom is 0.253 e. The van der Waals surface area contributed by atoms with Crippen LogP contribution in [0.1, 0.15) is 10.4 Å². The smallest absolute Gasteiger partial charge is 0.253 e. The third kappa shape index (κ3) is 3.59. The molecule has 1 aromatic carbocycles. The summed E-state index contributed by atoms with van der Waals surface area (Å²) in [5.74, 6) is -0.150. The molecule has 0 bridgehead atoms. The second-order valence-corrected chi connectivity index (χ2v) is 4.33. The first-order chi connectivity index (χ1) is 9.20. The van der Waals surface area contributed by atoms with Crippen LogP contribution in [0.5, 0.6) is 0 Å². The molecule has 1 saturated heterocycles. The molecule has 1 aliphatic heterocycles. The zero-order chi connectivity index (χ0) is 13.7. The minimum Gasteiger partial charge on any atom is -0.399 e. The Balaban J connectivity index is 2.05. The molecule has 1 atom stereocenters. The summed E-state index contributed by atoms with van der Waals surface area (Å²) in [5.41, 5.74) is 7.62. The van der Waals surface area contributed by atoms with E-state index in [2.05, 4.69) is 10.6 Å². The first-order valence-corrected chi connectivity index (χ1v) is 6.25. The van der Waals surface area contributed by atoms with Crippen LogP contribution < -0.4 is 16.4 Å². The van der Waals surface area contributed by atoms with Crippen LogP contribution in [-0.4, -0.2) is 45.4 Å². The largest absolute Gasteiger partial charge is 0.399 e. The number of anilines is 2. The van der Waals surface area contributed by atoms with Gasteiger partial charge in [-0.2, -0.15) is 0 Å². The van der Waals surface area contributed by atoms with Crippen molar-refractivity contribution in [3.8, 4) is 0 Å². The normalized spacial score (nSPS) is 18.9. The molecule has 6 nitrogen and oxygen atoms in total. The summed E-state index contributed by atoms with van der Waals surface area (Å²) in [7, 11) is 1.60. The van der Waals surface area contributed by atoms with Crippen LogP contribution in [0, 0.1) is 0 Å². The van der Waals surface area contributed by atoms with Gasteiger partial charge in [0.05, 0.1) is 31.5 Å². The standard InChI is InChI=1S/C13H19N3O3/c1-15-13(17)11-3-2-9(14)6-12(11)16-7-10-8-18-4-5-19-10/h2-3,6,10,16H,4-5,7-8,14H2,1H3,(H,15,17). The Hall–Kier alpha value is -1.79. The number of hydrogen-bond donors (Lipinski definition) is 3. The summed E-state index contributed by atoms with van der Waals surface area (Å²) in [6.45, 7) is 2.38. The van der Waals surface area contributed by atoms with Crippen LogP contribution in [0.15, 0.2) is 18.2 Å². The average Bonchev–Trinajstić information content (AvgIpc) is 2.45. The third-order valence-corrected chi connectivity index (χ3v) is 2.92. The van der Waals surface area contributed by atoms with E-state index in [0.717, 1.165) is 0 Å². The Bertz CT molecular complexity index is 445. The number of hydrogen-bond acceptors (Lipinski definition) is 5. The van der Waals surface area contributed by atoms with E-state index in [1.165, 1.54) is 0 Å². The van der Waals surface area contributed by atoms with Crippen molar-refractivity contribution in [3.63, 3.8) is 0 Å². The number of ether oxygens (including phenoxy) is 2. The molecular weight excluding hydrogens is 246 g/mol. The highest BCUT2D eigenvalue weighted by Crippen LogP contribution is 2.19. The first-order valence-electron chi connectivity index (χ1n) is 6.25. The second-order valence-electron chi connectivity index (χ2n) is 4.33. The van der Waals surface area contributed by atoms with E-state index in [0.29, 0.717) is 43.3 Å². The van der Waals surface area contributed by atoms with E-state index >= 15 is 0 Å². The Labute approximate surface area is 112 Å². The number of carbonyl (C=O) groups excluding carboxylic acids is 1. The van der Waals surface area contributed by atoms with Gasteiger partial charge in [0, 0.05) is 25.0 Å². The fourth-order valence-corrected chi connectivity index (χ4v) is 1.92. The maximum atomic E-state index is 11.7. The van der Waals surface area contributed by atoms with Crippen LogP contribution in [0.2, 0.25) is 0 Å². The lowest BCUT2D eigenvalue weighted by atomic mass is 10.1. The van der Waals surface area contributed by atoms with E-state index in [4.69, 9.17) is 15.2 Å². The molecule has 0 aromatic heterocycles. The summed E-state index contributed by atoms with van der Waals surface area (Å²) in [6.07, 6.45) is -0.00674. The van der Waals surface area contributed by atoms with Gasteiger partial charge in [0.25, 0.3) is 5.91 Å². The number of nitrogen functional groups attached to an aromatic ring is 1. The fraction of sp³-hybridized carbons (Fsp3) is 0.462. The molecule has 1 aromatic rings. The van der Waals surface area contributed by atoms with Gasteiger partial charge in [0.2, 0.25) is 0 Å². The van der Waals surface area contributed by atoms with Crippen LogP contribution >= 0.6 is 0 Å². The van der Waals surface area contributed by atoms with E-state index < -0.39 is 0 Å². The van der Waals surface area contributed by atoms with Crippen LogP contribution in [0.3, 0.4) is 0 Å². The maximum absolute atomic E-state index is 11.7. The molecule has 0 spiro atoms. The predicted octanol–water partition coefficient (Wildman–Crippen LogP) is 0.456. The molecule has 4 N–H and O–H groups in total. The number of carbonyl (C=O) groups is 1. The van der Waals surface area contributed by atoms with Crippen LogP contribution in [-0.2, 0) is 9.47 Å². The summed E-state index contributed by atoms with van der Waals surface area (Å²) < 4.78 is 10.9. The number of nitrogens with one attached hydrogen (secondary N) is 2. The monoisotopic (exact) mass is 265 g/mol. The van der Waals surface area contributed by atoms with Crippen molar-refractivity contribution < 1.29 is 14.3 Å². The van der Waals surface area contributed by atoms with Crippen molar-refractivity contribution >= 4 is 17.3 Å². The van der Waals surface area contributed by atoms with E-state index in [1.54, 1.807) is 25.2 Å². The molecule has 2 rings (SSSR count). The molecule has 0 radical (unpaired) electrons. The zero-order valence-corrected chi connectivity index (χ0v) is 10.9. The van der Waals surface area contributed by atoms with E-state index in [-0.39, 0.29) is 12.0 Å². The third-order valence-electron chi connectivity index (χ3n) is 2.92. The quantitative estimate of drug-likeness (QED) is 0.688. The van der Waals surface area contributed by atoms with E-state index in [1.807, 2.05) is 0 Å². The van der Waals surface area contributed by atoms with Gasteiger partial charge in [-0.1, -0.05) is 0 Å². The Morgan fingerprint density at radius 3 is 3.00 bits per heavy atom. The molecule has 19 heavy (non-hydrogen) atoms. The van der Waals surface area contributed by atoms with Gasteiger partial charge in [-0.25, -0.2) is 0 Å². The average molecular weight is 265 g/mol. The molecule has 1 amide bonds. The summed E-state index contributed by atoms with van der Waals surface area (Å²) in [6, 6.07) is 5.15. The number of rotatable bonds is 4. The van der Waals surface area contributed by atoms with Gasteiger partial charge in [0.1, 0.15) is 0 Å². The fourth-order valence-electron chi connectivity index (χ4n) is 1.92. The highest BCUT2D eigenvalue weighted by Gasteiger charge is 2.16. The lowest BCUT2D eigenvalue weighted by Gasteiger charge is -2.24. The molecule has 1 heterocycles. The van der Waals surface area contributed by atoms with Crippen LogP contribution in [0.4, 0.5) is 11.4 Å². The second kappa shape index (κ2) is 6.40. The lowest BCUT2D eigenvalue weighted by molar-refractivity contribution is -0.0818. The molecule has 1 fully saturated rings. The van der Waals surface area contributed by atoms with Crippen molar-refractivity contribution in [3.05, 3.63) is 23.8 Å². The summed E-state index contributed by atoms with van der Waals surface area (Å²) in [5, 5.41) is 5.80. The molecular formula is C13H19N3O3. The highest BCUT2D eigenvalue weighted by atomic mass is 16.6. The van der Waals surface area contributed by atoms with Crippen molar-refractivity contribution in [2.45, 2.75) is 6.10 Å². The molecule has 0 saturated carbocycles. The van der Waals surface area contributed by atoms with Crippen LogP contribution in [0.25, 0.3) is 0 Å². The lowest BCUT2D eigenvalue weighted by Crippen LogP contribution is -2.34. The predicted molar refractivity (Wildman–Crippen MR) is 73.3 cm³/mol. The molecule has 1 unspecified atom stereocenters. The Morgan fingerprint density at radius 2 is 2.32 bits per heavy atom. The topological polar surface area (TPSA) is 85.6 Å². The van der Waals surface area contributed by atoms with Crippen molar-refractivity contribution in [2.75, 3.05) is 44.5 Å². The first kappa shape index (κ1) is 13.6. The molecule has 0 aliphatic carbocycles. The van der Waals surface area contributed by atoms with Gasteiger partial charge in [-0.3, -0.25) is 4.79 Å². The van der Waals surface area contributed by atoms with Gasteiger partial charge < -0.3 is 25.8 Å². The Kier molecular flexibility index (Phi) is 4.59. The molecule has 104 valence electrons. The zero-order valence-electron chi connectivity index (χ0n) is 10.9. The molecule has 6 heteroatoms. The van der Waals surface area contributed by atoms with Gasteiger partial charge in [0.15, 0.2) is 0 Å². The van der Waals surface area contributed by atoms with E-state index in [9.17, 15) is 4.79 Å². The Morgan fingerprint density at radius 1 is 1.47 bits per heavy atom. The number of amides is 1. The van der Waals surface area contributed by atoms with Crippen molar-refractivity contribution in [1.29, 1.82) is 0 Å². The number of nitrogens with two attached hydrogens (primary N) is 1. The summed E-state index contributed by atoms with van der Waals surface area (Å²) >= 11 is 0. The van der Waals surface area contributed by atoms with Gasteiger partial charge >= 0.3 is 0 Å². The van der Waals surface area contributed by atoms with Crippen molar-refractivity contribution in [1.82, 2.24) is 5.32 Å². The SMILES string of the molecule is CNC(=O)c1ccc(N)cc1NCC1COCCO1. The summed E-state index contributed by atoms with van der Waals surface area (Å²) in [4.78, 5) is 11.7. The minimum absolute atomic E-state index is 0.00674.